The molecule has 2 fully saturated rings. The number of carbonyl (C=O) groups is 4. The van der Waals surface area contributed by atoms with E-state index in [2.05, 4.69) is 5.32 Å². The third kappa shape index (κ3) is 4.69. The Morgan fingerprint density at radius 1 is 1.04 bits per heavy atom. The van der Waals surface area contributed by atoms with Gasteiger partial charge in [0.05, 0.1) is 6.54 Å². The molecule has 0 radical (unpaired) electrons. The first-order valence-electron chi connectivity index (χ1n) is 8.55. The van der Waals surface area contributed by atoms with Gasteiger partial charge in [0.2, 0.25) is 23.6 Å². The molecule has 0 spiro atoms. The number of amides is 4. The Morgan fingerprint density at radius 3 is 2.12 bits per heavy atom. The average Bonchev–Trinajstić information content (AvgIpc) is 3.22. The van der Waals surface area contributed by atoms with Crippen molar-refractivity contribution in [1.82, 2.24) is 15.1 Å². The van der Waals surface area contributed by atoms with Gasteiger partial charge in [-0.2, -0.15) is 0 Å². The van der Waals surface area contributed by atoms with E-state index in [1.54, 1.807) is 4.90 Å². The summed E-state index contributed by atoms with van der Waals surface area (Å²) in [6.45, 7) is 6.29. The highest BCUT2D eigenvalue weighted by Gasteiger charge is 2.41. The lowest BCUT2D eigenvalue weighted by atomic mass is 10.1. The molecule has 8 nitrogen and oxygen atoms in total. The van der Waals surface area contributed by atoms with Gasteiger partial charge in [0.25, 0.3) is 0 Å². The van der Waals surface area contributed by atoms with E-state index in [1.165, 1.54) is 11.8 Å². The van der Waals surface area contributed by atoms with Gasteiger partial charge in [0.1, 0.15) is 12.1 Å². The standard InChI is InChI=1S/C14H22N4O4.C2H6.2H2/c1-9(19)17-6-3-5-11(17)14(22)18-7-2-4-10(18)13(21)16-8-12(15)20;1-2;;/h10-11H,2-8H2,1H3,(H2,15,20)(H,16,21);1-2H3;2*1H/t10-,11-;;;/m0.../s1. The van der Waals surface area contributed by atoms with Gasteiger partial charge in [0.15, 0.2) is 0 Å². The highest BCUT2D eigenvalue weighted by Crippen LogP contribution is 2.24. The van der Waals surface area contributed by atoms with Crippen LogP contribution >= 0.6 is 0 Å². The zero-order valence-electron chi connectivity index (χ0n) is 14.7. The summed E-state index contributed by atoms with van der Waals surface area (Å²) >= 11 is 0. The van der Waals surface area contributed by atoms with Crippen LogP contribution in [0.2, 0.25) is 0 Å². The van der Waals surface area contributed by atoms with Gasteiger partial charge in [0, 0.05) is 22.9 Å². The van der Waals surface area contributed by atoms with Crippen LogP contribution in [-0.4, -0.2) is 65.1 Å². The second kappa shape index (κ2) is 9.24. The van der Waals surface area contributed by atoms with Gasteiger partial charge < -0.3 is 20.9 Å². The Morgan fingerprint density at radius 2 is 1.58 bits per heavy atom. The third-order valence-electron chi connectivity index (χ3n) is 4.22. The van der Waals surface area contributed by atoms with Crippen molar-refractivity contribution in [3.8, 4) is 0 Å². The maximum absolute atomic E-state index is 12.7. The fourth-order valence-corrected chi connectivity index (χ4v) is 3.19. The van der Waals surface area contributed by atoms with Gasteiger partial charge in [-0.1, -0.05) is 13.8 Å². The number of nitrogens with two attached hydrogens (primary N) is 1. The highest BCUT2D eigenvalue weighted by atomic mass is 16.2. The molecule has 4 amide bonds. The van der Waals surface area contributed by atoms with Crippen LogP contribution in [-0.2, 0) is 19.2 Å². The molecule has 0 saturated carbocycles. The van der Waals surface area contributed by atoms with E-state index in [0.717, 1.165) is 12.8 Å². The molecule has 3 N–H and O–H groups in total. The largest absolute Gasteiger partial charge is 0.368 e. The molecule has 2 saturated heterocycles. The second-order valence-corrected chi connectivity index (χ2v) is 5.74. The molecule has 8 heteroatoms. The smallest absolute Gasteiger partial charge is 0.246 e. The van der Waals surface area contributed by atoms with Crippen molar-refractivity contribution in [3.63, 3.8) is 0 Å². The monoisotopic (exact) mass is 344 g/mol. The van der Waals surface area contributed by atoms with E-state index in [9.17, 15) is 19.2 Å². The first-order chi connectivity index (χ1) is 11.4. The molecule has 24 heavy (non-hydrogen) atoms. The third-order valence-corrected chi connectivity index (χ3v) is 4.22. The molecule has 140 valence electrons. The van der Waals surface area contributed by atoms with E-state index in [-0.39, 0.29) is 27.1 Å². The zero-order chi connectivity index (χ0) is 18.3. The summed E-state index contributed by atoms with van der Waals surface area (Å²) in [4.78, 5) is 50.2. The molecule has 0 aromatic carbocycles. The fraction of sp³-hybridized carbons (Fsp3) is 0.750. The molecule has 0 unspecified atom stereocenters. The molecule has 2 rings (SSSR count). The predicted octanol–water partition coefficient (Wildman–Crippen LogP) is 0.108. The van der Waals surface area contributed by atoms with Crippen LogP contribution in [0.3, 0.4) is 0 Å². The van der Waals surface area contributed by atoms with E-state index in [1.807, 2.05) is 13.8 Å². The molecule has 2 heterocycles. The minimum atomic E-state index is -0.622. The van der Waals surface area contributed by atoms with Crippen molar-refractivity contribution >= 4 is 23.6 Å². The SMILES string of the molecule is CC.CC(=O)N1CCC[C@H]1C(=O)N1CCC[C@H]1C(=O)NCC(N)=O.[HH].[HH]. The topological polar surface area (TPSA) is 113 Å². The van der Waals surface area contributed by atoms with Gasteiger partial charge >= 0.3 is 0 Å². The number of hydrogen-bond acceptors (Lipinski definition) is 4. The zero-order valence-corrected chi connectivity index (χ0v) is 14.7. The summed E-state index contributed by atoms with van der Waals surface area (Å²) < 4.78 is 0. The maximum atomic E-state index is 12.7. The van der Waals surface area contributed by atoms with E-state index >= 15 is 0 Å². The Labute approximate surface area is 145 Å². The van der Waals surface area contributed by atoms with E-state index in [4.69, 9.17) is 5.73 Å². The molecular formula is C16H32N4O4. The quantitative estimate of drug-likeness (QED) is 0.753. The van der Waals surface area contributed by atoms with Crippen molar-refractivity contribution in [1.29, 1.82) is 0 Å². The Hall–Kier alpha value is -2.12. The van der Waals surface area contributed by atoms with Crippen molar-refractivity contribution in [2.45, 2.75) is 58.5 Å². The number of nitrogens with one attached hydrogen (secondary N) is 1. The van der Waals surface area contributed by atoms with E-state index in [0.29, 0.717) is 25.9 Å². The number of nitrogens with zero attached hydrogens (tertiary/aromatic N) is 2. The van der Waals surface area contributed by atoms with Crippen LogP contribution in [0.25, 0.3) is 0 Å². The minimum Gasteiger partial charge on any atom is -0.368 e. The summed E-state index contributed by atoms with van der Waals surface area (Å²) in [5.41, 5.74) is 5.01. The average molecular weight is 344 g/mol. The Balaban J connectivity index is 0. The number of hydrogen-bond donors (Lipinski definition) is 2. The normalized spacial score (nSPS) is 22.6. The summed E-state index contributed by atoms with van der Waals surface area (Å²) in [5, 5.41) is 2.45. The van der Waals surface area contributed by atoms with Crippen LogP contribution < -0.4 is 11.1 Å². The number of primary amides is 1. The predicted molar refractivity (Wildman–Crippen MR) is 92.9 cm³/mol. The molecule has 2 aliphatic rings. The molecule has 2 atom stereocenters. The van der Waals surface area contributed by atoms with Crippen LogP contribution in [0.4, 0.5) is 0 Å². The summed E-state index contributed by atoms with van der Waals surface area (Å²) in [6, 6.07) is -1.05. The van der Waals surface area contributed by atoms with Gasteiger partial charge in [-0.15, -0.1) is 0 Å². The molecule has 2 aliphatic heterocycles. The second-order valence-electron chi connectivity index (χ2n) is 5.74. The van der Waals surface area contributed by atoms with Crippen LogP contribution in [0.15, 0.2) is 0 Å². The maximum Gasteiger partial charge on any atom is 0.246 e. The van der Waals surface area contributed by atoms with Crippen molar-refractivity contribution in [2.75, 3.05) is 19.6 Å². The Bertz CT molecular complexity index is 505. The molecular weight excluding hydrogens is 312 g/mol. The van der Waals surface area contributed by atoms with Gasteiger partial charge in [-0.25, -0.2) is 0 Å². The Kier molecular flexibility index (Phi) is 7.67. The van der Waals surface area contributed by atoms with Crippen LogP contribution in [0, 0.1) is 0 Å². The van der Waals surface area contributed by atoms with Gasteiger partial charge in [-0.3, -0.25) is 19.2 Å². The lowest BCUT2D eigenvalue weighted by Gasteiger charge is -2.30. The fourth-order valence-electron chi connectivity index (χ4n) is 3.19. The number of rotatable bonds is 4. The summed E-state index contributed by atoms with van der Waals surface area (Å²) in [7, 11) is 0. The van der Waals surface area contributed by atoms with Crippen molar-refractivity contribution in [3.05, 3.63) is 0 Å². The number of carbonyl (C=O) groups excluding carboxylic acids is 4. The highest BCUT2D eigenvalue weighted by molar-refractivity contribution is 5.93. The first-order valence-corrected chi connectivity index (χ1v) is 8.55. The van der Waals surface area contributed by atoms with Crippen molar-refractivity contribution < 1.29 is 22.0 Å². The lowest BCUT2D eigenvalue weighted by Crippen LogP contribution is -2.53. The molecule has 0 aliphatic carbocycles. The lowest BCUT2D eigenvalue weighted by molar-refractivity contribution is -0.146. The molecule has 0 aromatic heterocycles. The molecule has 0 aromatic rings. The van der Waals surface area contributed by atoms with Crippen molar-refractivity contribution in [2.24, 2.45) is 5.73 Å². The van der Waals surface area contributed by atoms with Gasteiger partial charge in [-0.05, 0) is 25.7 Å². The molecule has 0 bridgehead atoms. The van der Waals surface area contributed by atoms with Crippen LogP contribution in [0.1, 0.15) is 49.3 Å². The minimum absolute atomic E-state index is 0. The number of likely N-dealkylation sites (tertiary alicyclic amines) is 2. The summed E-state index contributed by atoms with van der Waals surface area (Å²) in [6.07, 6.45) is 2.71. The summed E-state index contributed by atoms with van der Waals surface area (Å²) in [5.74, 6) is -1.28. The first kappa shape index (κ1) is 19.9. The van der Waals surface area contributed by atoms with Crippen LogP contribution in [0.5, 0.6) is 0 Å². The van der Waals surface area contributed by atoms with E-state index < -0.39 is 18.0 Å².